The Labute approximate surface area is 134 Å². The van der Waals surface area contributed by atoms with Crippen molar-refractivity contribution < 1.29 is 4.74 Å². The zero-order chi connectivity index (χ0) is 15.1. The maximum absolute atomic E-state index is 6.47. The molecule has 0 saturated carbocycles. The number of nitrogens with one attached hydrogen (secondary N) is 2. The molecular weight excluding hydrogens is 296 g/mol. The SMILES string of the molecule is COc1ccc(C2NCCc3c2[nH]c2ccccc32)c(Cl)c1. The highest BCUT2D eigenvalue weighted by Crippen LogP contribution is 2.36. The lowest BCUT2D eigenvalue weighted by molar-refractivity contribution is 0.414. The molecule has 0 aliphatic carbocycles. The second kappa shape index (κ2) is 5.34. The minimum absolute atomic E-state index is 0.0922. The van der Waals surface area contributed by atoms with Crippen LogP contribution in [-0.2, 0) is 6.42 Å². The molecule has 0 fully saturated rings. The molecule has 2 heterocycles. The fourth-order valence-electron chi connectivity index (χ4n) is 3.31. The third kappa shape index (κ3) is 2.09. The molecule has 2 aromatic carbocycles. The molecule has 2 N–H and O–H groups in total. The summed E-state index contributed by atoms with van der Waals surface area (Å²) in [5.74, 6) is 0.779. The molecule has 0 spiro atoms. The van der Waals surface area contributed by atoms with Gasteiger partial charge in [0.05, 0.1) is 13.2 Å². The molecule has 22 heavy (non-hydrogen) atoms. The predicted molar refractivity (Wildman–Crippen MR) is 89.9 cm³/mol. The van der Waals surface area contributed by atoms with Crippen molar-refractivity contribution in [1.29, 1.82) is 0 Å². The molecule has 0 radical (unpaired) electrons. The van der Waals surface area contributed by atoms with Gasteiger partial charge in [0.25, 0.3) is 0 Å². The quantitative estimate of drug-likeness (QED) is 0.748. The molecule has 0 amide bonds. The van der Waals surface area contributed by atoms with E-state index in [4.69, 9.17) is 16.3 Å². The Morgan fingerprint density at radius 1 is 1.18 bits per heavy atom. The van der Waals surface area contributed by atoms with Gasteiger partial charge in [0.15, 0.2) is 0 Å². The molecule has 112 valence electrons. The first-order chi connectivity index (χ1) is 10.8. The van der Waals surface area contributed by atoms with E-state index < -0.39 is 0 Å². The van der Waals surface area contributed by atoms with Gasteiger partial charge in [-0.3, -0.25) is 0 Å². The first-order valence-electron chi connectivity index (χ1n) is 7.44. The Morgan fingerprint density at radius 2 is 2.05 bits per heavy atom. The maximum Gasteiger partial charge on any atom is 0.120 e. The van der Waals surface area contributed by atoms with Gasteiger partial charge < -0.3 is 15.0 Å². The van der Waals surface area contributed by atoms with Crippen LogP contribution >= 0.6 is 11.6 Å². The summed E-state index contributed by atoms with van der Waals surface area (Å²) in [5, 5.41) is 5.61. The van der Waals surface area contributed by atoms with Crippen molar-refractivity contribution in [3.63, 3.8) is 0 Å². The van der Waals surface area contributed by atoms with E-state index in [0.717, 1.165) is 29.3 Å². The highest BCUT2D eigenvalue weighted by Gasteiger charge is 2.26. The summed E-state index contributed by atoms with van der Waals surface area (Å²) in [5.41, 5.74) is 4.88. The lowest BCUT2D eigenvalue weighted by Gasteiger charge is -2.25. The second-order valence-electron chi connectivity index (χ2n) is 5.59. The van der Waals surface area contributed by atoms with E-state index in [0.29, 0.717) is 0 Å². The van der Waals surface area contributed by atoms with Crippen molar-refractivity contribution in [3.8, 4) is 5.75 Å². The summed E-state index contributed by atoms with van der Waals surface area (Å²) in [4.78, 5) is 3.57. The van der Waals surface area contributed by atoms with Gasteiger partial charge in [0, 0.05) is 28.2 Å². The standard InChI is InChI=1S/C18H17ClN2O/c1-22-11-6-7-14(15(19)10-11)17-18-13(8-9-20-17)12-4-2-3-5-16(12)21-18/h2-7,10,17,20-21H,8-9H2,1H3. The summed E-state index contributed by atoms with van der Waals surface area (Å²) < 4.78 is 5.24. The van der Waals surface area contributed by atoms with Crippen molar-refractivity contribution in [2.45, 2.75) is 12.5 Å². The topological polar surface area (TPSA) is 37.0 Å². The smallest absolute Gasteiger partial charge is 0.120 e. The number of halogens is 1. The number of H-pyrrole nitrogens is 1. The minimum Gasteiger partial charge on any atom is -0.497 e. The molecular formula is C18H17ClN2O. The lowest BCUT2D eigenvalue weighted by atomic mass is 9.94. The molecule has 1 unspecified atom stereocenters. The predicted octanol–water partition coefficient (Wildman–Crippen LogP) is 4.07. The number of hydrogen-bond donors (Lipinski definition) is 2. The maximum atomic E-state index is 6.47. The minimum atomic E-state index is 0.0922. The lowest BCUT2D eigenvalue weighted by Crippen LogP contribution is -2.30. The first-order valence-corrected chi connectivity index (χ1v) is 7.82. The van der Waals surface area contributed by atoms with Crippen molar-refractivity contribution in [2.24, 2.45) is 0 Å². The molecule has 1 aromatic heterocycles. The van der Waals surface area contributed by atoms with Crippen LogP contribution in [0.25, 0.3) is 10.9 Å². The van der Waals surface area contributed by atoms with Crippen LogP contribution in [0.4, 0.5) is 0 Å². The van der Waals surface area contributed by atoms with Gasteiger partial charge in [-0.05, 0) is 35.7 Å². The van der Waals surface area contributed by atoms with Crippen molar-refractivity contribution in [1.82, 2.24) is 10.3 Å². The summed E-state index contributed by atoms with van der Waals surface area (Å²) in [6.45, 7) is 0.946. The number of methoxy groups -OCH3 is 1. The Balaban J connectivity index is 1.85. The van der Waals surface area contributed by atoms with Crippen LogP contribution in [0.2, 0.25) is 5.02 Å². The van der Waals surface area contributed by atoms with Gasteiger partial charge >= 0.3 is 0 Å². The van der Waals surface area contributed by atoms with E-state index in [1.165, 1.54) is 22.2 Å². The molecule has 1 aliphatic rings. The number of aromatic amines is 1. The molecule has 4 heteroatoms. The van der Waals surface area contributed by atoms with Crippen LogP contribution in [-0.4, -0.2) is 18.6 Å². The number of fused-ring (bicyclic) bond motifs is 3. The van der Waals surface area contributed by atoms with Crippen LogP contribution in [0.5, 0.6) is 5.75 Å². The average molecular weight is 313 g/mol. The molecule has 0 bridgehead atoms. The van der Waals surface area contributed by atoms with E-state index in [-0.39, 0.29) is 6.04 Å². The number of hydrogen-bond acceptors (Lipinski definition) is 2. The van der Waals surface area contributed by atoms with Crippen LogP contribution in [0.3, 0.4) is 0 Å². The van der Waals surface area contributed by atoms with E-state index in [1.807, 2.05) is 18.2 Å². The first kappa shape index (κ1) is 13.7. The van der Waals surface area contributed by atoms with E-state index >= 15 is 0 Å². The highest BCUT2D eigenvalue weighted by atomic mass is 35.5. The van der Waals surface area contributed by atoms with Gasteiger partial charge in [0.2, 0.25) is 0 Å². The molecule has 1 atom stereocenters. The van der Waals surface area contributed by atoms with Crippen LogP contribution in [0.15, 0.2) is 42.5 Å². The number of rotatable bonds is 2. The van der Waals surface area contributed by atoms with Gasteiger partial charge in [-0.15, -0.1) is 0 Å². The monoisotopic (exact) mass is 312 g/mol. The summed E-state index contributed by atoms with van der Waals surface area (Å²) >= 11 is 6.47. The highest BCUT2D eigenvalue weighted by molar-refractivity contribution is 6.31. The number of ether oxygens (including phenoxy) is 1. The van der Waals surface area contributed by atoms with E-state index in [9.17, 15) is 0 Å². The normalized spacial score (nSPS) is 17.5. The van der Waals surface area contributed by atoms with Crippen molar-refractivity contribution >= 4 is 22.5 Å². The molecule has 1 aliphatic heterocycles. The van der Waals surface area contributed by atoms with Crippen LogP contribution < -0.4 is 10.1 Å². The third-order valence-corrected chi connectivity index (χ3v) is 4.70. The molecule has 0 saturated heterocycles. The Bertz CT molecular complexity index is 840. The third-order valence-electron chi connectivity index (χ3n) is 4.38. The molecule has 3 nitrogen and oxygen atoms in total. The van der Waals surface area contributed by atoms with E-state index in [2.05, 4.69) is 34.6 Å². The fourth-order valence-corrected chi connectivity index (χ4v) is 3.59. The fraction of sp³-hybridized carbons (Fsp3) is 0.222. The Kier molecular flexibility index (Phi) is 3.32. The van der Waals surface area contributed by atoms with Crippen LogP contribution in [0.1, 0.15) is 22.9 Å². The van der Waals surface area contributed by atoms with E-state index in [1.54, 1.807) is 7.11 Å². The molecule has 3 aromatic rings. The summed E-state index contributed by atoms with van der Waals surface area (Å²) in [6.07, 6.45) is 1.03. The second-order valence-corrected chi connectivity index (χ2v) is 5.99. The Morgan fingerprint density at radius 3 is 2.86 bits per heavy atom. The zero-order valence-corrected chi connectivity index (χ0v) is 13.1. The molecule has 4 rings (SSSR count). The summed E-state index contributed by atoms with van der Waals surface area (Å²) in [7, 11) is 1.65. The number of aromatic nitrogens is 1. The van der Waals surface area contributed by atoms with Gasteiger partial charge in [0.1, 0.15) is 5.75 Å². The zero-order valence-electron chi connectivity index (χ0n) is 12.3. The summed E-state index contributed by atoms with van der Waals surface area (Å²) in [6, 6.07) is 14.4. The van der Waals surface area contributed by atoms with Gasteiger partial charge in [-0.25, -0.2) is 0 Å². The van der Waals surface area contributed by atoms with Crippen molar-refractivity contribution in [3.05, 3.63) is 64.3 Å². The average Bonchev–Trinajstić information content (AvgIpc) is 2.93. The number of para-hydroxylation sites is 1. The Hall–Kier alpha value is -1.97. The van der Waals surface area contributed by atoms with Crippen LogP contribution in [0, 0.1) is 0 Å². The van der Waals surface area contributed by atoms with Gasteiger partial charge in [-0.2, -0.15) is 0 Å². The number of benzene rings is 2. The van der Waals surface area contributed by atoms with Gasteiger partial charge in [-0.1, -0.05) is 35.9 Å². The van der Waals surface area contributed by atoms with Crippen molar-refractivity contribution in [2.75, 3.05) is 13.7 Å². The largest absolute Gasteiger partial charge is 0.497 e.